The molecule has 1 atom stereocenters. The van der Waals surface area contributed by atoms with Gasteiger partial charge >= 0.3 is 5.97 Å². The van der Waals surface area contributed by atoms with E-state index < -0.39 is 11.0 Å². The lowest BCUT2D eigenvalue weighted by Crippen LogP contribution is -2.53. The number of hydrogen-bond acceptors (Lipinski definition) is 4. The van der Waals surface area contributed by atoms with Gasteiger partial charge in [0.25, 0.3) is 0 Å². The largest absolute Gasteiger partial charge is 0.497 e. The van der Waals surface area contributed by atoms with E-state index in [0.29, 0.717) is 0 Å². The van der Waals surface area contributed by atoms with Crippen LogP contribution in [0.2, 0.25) is 0 Å². The summed E-state index contributed by atoms with van der Waals surface area (Å²) in [5.41, 5.74) is 6.15. The van der Waals surface area contributed by atoms with Gasteiger partial charge in [-0.3, -0.25) is 4.79 Å². The Bertz CT molecular complexity index is 451. The molecule has 1 unspecified atom stereocenters. The molecular weight excluding hydrogens is 242 g/mol. The zero-order valence-corrected chi connectivity index (χ0v) is 12.3. The predicted molar refractivity (Wildman–Crippen MR) is 75.2 cm³/mol. The van der Waals surface area contributed by atoms with Crippen LogP contribution >= 0.6 is 0 Å². The van der Waals surface area contributed by atoms with Gasteiger partial charge in [0.05, 0.1) is 20.6 Å². The molecule has 0 fully saturated rings. The van der Waals surface area contributed by atoms with E-state index >= 15 is 0 Å². The summed E-state index contributed by atoms with van der Waals surface area (Å²) in [6.07, 6.45) is 0.222. The Kier molecular flexibility index (Phi) is 4.58. The van der Waals surface area contributed by atoms with Gasteiger partial charge in [-0.05, 0) is 31.5 Å². The minimum atomic E-state index is -0.576. The summed E-state index contributed by atoms with van der Waals surface area (Å²) in [6, 6.07) is 7.64. The fraction of sp³-hybridized carbons (Fsp3) is 0.533. The van der Waals surface area contributed by atoms with Gasteiger partial charge in [-0.2, -0.15) is 0 Å². The zero-order valence-electron chi connectivity index (χ0n) is 12.3. The van der Waals surface area contributed by atoms with Gasteiger partial charge in [0.15, 0.2) is 0 Å². The second kappa shape index (κ2) is 5.61. The standard InChI is InChI=1S/C15H23NO3/c1-14(2,16)15(3,10-13(17)19-5)11-7-6-8-12(9-11)18-4/h6-9H,10,16H2,1-5H3. The smallest absolute Gasteiger partial charge is 0.306 e. The topological polar surface area (TPSA) is 61.5 Å². The lowest BCUT2D eigenvalue weighted by atomic mass is 9.66. The molecule has 2 N–H and O–H groups in total. The van der Waals surface area contributed by atoms with E-state index in [0.717, 1.165) is 11.3 Å². The number of ether oxygens (including phenoxy) is 2. The van der Waals surface area contributed by atoms with Crippen LogP contribution in [0.1, 0.15) is 32.8 Å². The molecule has 4 nitrogen and oxygen atoms in total. The highest BCUT2D eigenvalue weighted by Gasteiger charge is 2.42. The van der Waals surface area contributed by atoms with Crippen LogP contribution in [0.5, 0.6) is 5.75 Å². The lowest BCUT2D eigenvalue weighted by molar-refractivity contribution is -0.142. The van der Waals surface area contributed by atoms with E-state index in [9.17, 15) is 4.79 Å². The Hall–Kier alpha value is -1.55. The quantitative estimate of drug-likeness (QED) is 0.829. The first kappa shape index (κ1) is 15.5. The van der Waals surface area contributed by atoms with E-state index in [1.165, 1.54) is 7.11 Å². The molecule has 0 aliphatic heterocycles. The molecule has 0 spiro atoms. The van der Waals surface area contributed by atoms with Crippen molar-refractivity contribution in [2.24, 2.45) is 5.73 Å². The summed E-state index contributed by atoms with van der Waals surface area (Å²) in [5.74, 6) is 0.474. The van der Waals surface area contributed by atoms with Crippen LogP contribution in [0.3, 0.4) is 0 Å². The van der Waals surface area contributed by atoms with Crippen LogP contribution in [0.15, 0.2) is 24.3 Å². The second-order valence-corrected chi connectivity index (χ2v) is 5.54. The fourth-order valence-electron chi connectivity index (χ4n) is 2.03. The Morgan fingerprint density at radius 2 is 1.89 bits per heavy atom. The number of benzene rings is 1. The minimum Gasteiger partial charge on any atom is -0.497 e. The Morgan fingerprint density at radius 1 is 1.26 bits per heavy atom. The summed E-state index contributed by atoms with van der Waals surface area (Å²) in [6.45, 7) is 5.80. The monoisotopic (exact) mass is 265 g/mol. The molecule has 0 aromatic heterocycles. The summed E-state index contributed by atoms with van der Waals surface area (Å²) in [4.78, 5) is 11.7. The van der Waals surface area contributed by atoms with E-state index in [1.807, 2.05) is 45.0 Å². The maximum Gasteiger partial charge on any atom is 0.306 e. The van der Waals surface area contributed by atoms with Crippen LogP contribution in [-0.4, -0.2) is 25.7 Å². The van der Waals surface area contributed by atoms with Gasteiger partial charge in [-0.25, -0.2) is 0 Å². The SMILES string of the molecule is COC(=O)CC(C)(c1cccc(OC)c1)C(C)(C)N. The van der Waals surface area contributed by atoms with E-state index in [2.05, 4.69) is 0 Å². The van der Waals surface area contributed by atoms with Gasteiger partial charge in [-0.1, -0.05) is 19.1 Å². The van der Waals surface area contributed by atoms with Crippen molar-refractivity contribution in [1.82, 2.24) is 0 Å². The normalized spacial score (nSPS) is 14.6. The van der Waals surface area contributed by atoms with Gasteiger partial charge in [-0.15, -0.1) is 0 Å². The first-order valence-corrected chi connectivity index (χ1v) is 6.25. The lowest BCUT2D eigenvalue weighted by Gasteiger charge is -2.41. The van der Waals surface area contributed by atoms with Gasteiger partial charge in [0.1, 0.15) is 5.75 Å². The van der Waals surface area contributed by atoms with Crippen molar-refractivity contribution in [1.29, 1.82) is 0 Å². The predicted octanol–water partition coefficient (Wildman–Crippen LogP) is 2.25. The molecule has 0 heterocycles. The Morgan fingerprint density at radius 3 is 2.37 bits per heavy atom. The van der Waals surface area contributed by atoms with Crippen LogP contribution < -0.4 is 10.5 Å². The summed E-state index contributed by atoms with van der Waals surface area (Å²) < 4.78 is 10.0. The molecule has 106 valence electrons. The second-order valence-electron chi connectivity index (χ2n) is 5.54. The van der Waals surface area contributed by atoms with E-state index in [1.54, 1.807) is 7.11 Å². The molecule has 0 aliphatic carbocycles. The van der Waals surface area contributed by atoms with Crippen molar-refractivity contribution < 1.29 is 14.3 Å². The highest BCUT2D eigenvalue weighted by atomic mass is 16.5. The molecule has 0 amide bonds. The number of hydrogen-bond donors (Lipinski definition) is 1. The molecule has 1 aromatic carbocycles. The number of nitrogens with two attached hydrogens (primary N) is 1. The maximum atomic E-state index is 11.7. The van der Waals surface area contributed by atoms with Crippen molar-refractivity contribution in [2.75, 3.05) is 14.2 Å². The zero-order chi connectivity index (χ0) is 14.7. The molecule has 1 aromatic rings. The Balaban J connectivity index is 3.26. The van der Waals surface area contributed by atoms with Gasteiger partial charge < -0.3 is 15.2 Å². The van der Waals surface area contributed by atoms with Gasteiger partial charge in [0.2, 0.25) is 0 Å². The first-order valence-electron chi connectivity index (χ1n) is 6.25. The Labute approximate surface area is 114 Å². The summed E-state index contributed by atoms with van der Waals surface area (Å²) in [5, 5.41) is 0. The van der Waals surface area contributed by atoms with E-state index in [4.69, 9.17) is 15.2 Å². The fourth-order valence-corrected chi connectivity index (χ4v) is 2.03. The highest BCUT2D eigenvalue weighted by Crippen LogP contribution is 2.38. The minimum absolute atomic E-state index is 0.222. The number of esters is 1. The van der Waals surface area contributed by atoms with Crippen LogP contribution in [0.4, 0.5) is 0 Å². The molecule has 0 bridgehead atoms. The van der Waals surface area contributed by atoms with Crippen molar-refractivity contribution in [2.45, 2.75) is 38.1 Å². The van der Waals surface area contributed by atoms with Crippen molar-refractivity contribution in [3.05, 3.63) is 29.8 Å². The van der Waals surface area contributed by atoms with Crippen molar-refractivity contribution in [3.8, 4) is 5.75 Å². The van der Waals surface area contributed by atoms with Crippen molar-refractivity contribution in [3.63, 3.8) is 0 Å². The number of rotatable bonds is 5. The third kappa shape index (κ3) is 3.26. The molecule has 0 aliphatic rings. The molecule has 19 heavy (non-hydrogen) atoms. The molecule has 0 radical (unpaired) electrons. The summed E-state index contributed by atoms with van der Waals surface area (Å²) in [7, 11) is 3.00. The third-order valence-corrected chi connectivity index (χ3v) is 3.85. The maximum absolute atomic E-state index is 11.7. The molecular formula is C15H23NO3. The average Bonchev–Trinajstić information content (AvgIpc) is 2.37. The third-order valence-electron chi connectivity index (χ3n) is 3.85. The molecule has 0 saturated heterocycles. The first-order chi connectivity index (χ1) is 8.74. The number of methoxy groups -OCH3 is 2. The highest BCUT2D eigenvalue weighted by molar-refractivity contribution is 5.71. The van der Waals surface area contributed by atoms with E-state index in [-0.39, 0.29) is 12.4 Å². The summed E-state index contributed by atoms with van der Waals surface area (Å²) >= 11 is 0. The molecule has 1 rings (SSSR count). The molecule has 4 heteroatoms. The van der Waals surface area contributed by atoms with Crippen LogP contribution in [0.25, 0.3) is 0 Å². The van der Waals surface area contributed by atoms with Crippen LogP contribution in [-0.2, 0) is 14.9 Å². The number of carbonyl (C=O) groups is 1. The molecule has 0 saturated carbocycles. The van der Waals surface area contributed by atoms with Gasteiger partial charge in [0, 0.05) is 11.0 Å². The van der Waals surface area contributed by atoms with Crippen LogP contribution in [0, 0.1) is 0 Å². The number of carbonyl (C=O) groups excluding carboxylic acids is 1. The van der Waals surface area contributed by atoms with Crippen molar-refractivity contribution >= 4 is 5.97 Å². The average molecular weight is 265 g/mol.